The molecule has 0 atom stereocenters. The molecule has 1 aliphatic rings. The average Bonchev–Trinajstić information content (AvgIpc) is 3.08. The van der Waals surface area contributed by atoms with Gasteiger partial charge in [0.1, 0.15) is 0 Å². The number of allylic oxidation sites excluding steroid dienone is 2. The highest BCUT2D eigenvalue weighted by Crippen LogP contribution is 2.19. The molecule has 1 aliphatic heterocycles. The number of carbonyl (C=O) groups excluding carboxylic acids is 1. The van der Waals surface area contributed by atoms with E-state index in [4.69, 9.17) is 0 Å². The number of nitrogens with one attached hydrogen (secondary N) is 2. The first-order chi connectivity index (χ1) is 12.7. The van der Waals surface area contributed by atoms with Gasteiger partial charge in [0.25, 0.3) is 5.91 Å². The standard InChI is InChI=1S/C22H27N3O/c1-3-7-17(4-2)22(26)24-19-11-14-25(15-12-19)13-10-18-16-23-21-9-6-5-8-20(18)21/h3-9,16,19,23H,1-2,10-15H2,(H,24,26). The highest BCUT2D eigenvalue weighted by Gasteiger charge is 2.21. The van der Waals surface area contributed by atoms with Crippen molar-refractivity contribution in [1.29, 1.82) is 0 Å². The van der Waals surface area contributed by atoms with Crippen LogP contribution in [0.25, 0.3) is 10.9 Å². The van der Waals surface area contributed by atoms with Crippen molar-refractivity contribution in [3.63, 3.8) is 0 Å². The molecule has 0 aliphatic carbocycles. The molecule has 0 unspecified atom stereocenters. The Balaban J connectivity index is 1.47. The highest BCUT2D eigenvalue weighted by atomic mass is 16.1. The number of nitrogens with zero attached hydrogens (tertiary/aromatic N) is 1. The maximum absolute atomic E-state index is 12.2. The maximum Gasteiger partial charge on any atom is 0.251 e. The molecule has 26 heavy (non-hydrogen) atoms. The second-order valence-corrected chi connectivity index (χ2v) is 6.76. The van der Waals surface area contributed by atoms with Crippen LogP contribution in [0.15, 0.2) is 67.4 Å². The number of hydrogen-bond acceptors (Lipinski definition) is 2. The summed E-state index contributed by atoms with van der Waals surface area (Å²) in [7, 11) is 0. The number of likely N-dealkylation sites (tertiary alicyclic amines) is 1. The van der Waals surface area contributed by atoms with Crippen molar-refractivity contribution in [2.45, 2.75) is 25.3 Å². The van der Waals surface area contributed by atoms with Gasteiger partial charge in [-0.05, 0) is 30.9 Å². The molecule has 2 aromatic rings. The van der Waals surface area contributed by atoms with Gasteiger partial charge in [-0.1, -0.05) is 49.6 Å². The lowest BCUT2D eigenvalue weighted by Gasteiger charge is -2.32. The minimum atomic E-state index is -0.0582. The zero-order valence-corrected chi connectivity index (χ0v) is 15.2. The van der Waals surface area contributed by atoms with Crippen LogP contribution in [0, 0.1) is 0 Å². The van der Waals surface area contributed by atoms with Crippen LogP contribution in [-0.2, 0) is 11.2 Å². The number of aromatic amines is 1. The summed E-state index contributed by atoms with van der Waals surface area (Å²) in [4.78, 5) is 18.0. The van der Waals surface area contributed by atoms with Crippen LogP contribution in [0.2, 0.25) is 0 Å². The molecular formula is C22H27N3O. The monoisotopic (exact) mass is 349 g/mol. The number of H-pyrrole nitrogens is 1. The highest BCUT2D eigenvalue weighted by molar-refractivity contribution is 5.96. The lowest BCUT2D eigenvalue weighted by Crippen LogP contribution is -2.45. The van der Waals surface area contributed by atoms with Gasteiger partial charge in [-0.2, -0.15) is 0 Å². The number of benzene rings is 1. The van der Waals surface area contributed by atoms with E-state index in [1.54, 1.807) is 18.2 Å². The molecular weight excluding hydrogens is 322 g/mol. The third-order valence-electron chi connectivity index (χ3n) is 5.07. The van der Waals surface area contributed by atoms with Crippen LogP contribution in [0.3, 0.4) is 0 Å². The van der Waals surface area contributed by atoms with Gasteiger partial charge in [-0.15, -0.1) is 0 Å². The third-order valence-corrected chi connectivity index (χ3v) is 5.07. The Morgan fingerprint density at radius 3 is 2.77 bits per heavy atom. The quantitative estimate of drug-likeness (QED) is 0.593. The lowest BCUT2D eigenvalue weighted by atomic mass is 10.0. The van der Waals surface area contributed by atoms with E-state index in [9.17, 15) is 4.79 Å². The summed E-state index contributed by atoms with van der Waals surface area (Å²) in [6.45, 7) is 10.4. The number of rotatable bonds is 7. The molecule has 1 aromatic heterocycles. The minimum absolute atomic E-state index is 0.0582. The largest absolute Gasteiger partial charge is 0.361 e. The smallest absolute Gasteiger partial charge is 0.251 e. The van der Waals surface area contributed by atoms with Crippen LogP contribution in [0.5, 0.6) is 0 Å². The minimum Gasteiger partial charge on any atom is -0.361 e. The van der Waals surface area contributed by atoms with Crippen molar-refractivity contribution in [3.8, 4) is 0 Å². The zero-order valence-electron chi connectivity index (χ0n) is 15.2. The number of piperidine rings is 1. The molecule has 1 fully saturated rings. The first kappa shape index (κ1) is 18.2. The van der Waals surface area contributed by atoms with E-state index in [2.05, 4.69) is 58.8 Å². The molecule has 0 spiro atoms. The predicted octanol–water partition coefficient (Wildman–Crippen LogP) is 3.59. The molecule has 0 bridgehead atoms. The van der Waals surface area contributed by atoms with Gasteiger partial charge in [0.2, 0.25) is 0 Å². The van der Waals surface area contributed by atoms with E-state index in [-0.39, 0.29) is 11.9 Å². The third kappa shape index (κ3) is 4.33. The Kier molecular flexibility index (Phi) is 6.08. The van der Waals surface area contributed by atoms with Gasteiger partial charge in [-0.3, -0.25) is 4.79 Å². The van der Waals surface area contributed by atoms with Crippen LogP contribution >= 0.6 is 0 Å². The Morgan fingerprint density at radius 1 is 1.27 bits per heavy atom. The van der Waals surface area contributed by atoms with Crippen molar-refractivity contribution in [2.75, 3.05) is 19.6 Å². The molecule has 0 saturated carbocycles. The molecule has 3 rings (SSSR count). The fraction of sp³-hybridized carbons (Fsp3) is 0.318. The number of carbonyl (C=O) groups is 1. The molecule has 1 amide bonds. The van der Waals surface area contributed by atoms with Crippen molar-refractivity contribution in [3.05, 3.63) is 73.0 Å². The fourth-order valence-electron chi connectivity index (χ4n) is 3.55. The van der Waals surface area contributed by atoms with E-state index in [1.165, 1.54) is 16.5 Å². The van der Waals surface area contributed by atoms with E-state index in [0.717, 1.165) is 38.9 Å². The van der Waals surface area contributed by atoms with Gasteiger partial charge in [0.15, 0.2) is 0 Å². The van der Waals surface area contributed by atoms with Gasteiger partial charge < -0.3 is 15.2 Å². The van der Waals surface area contributed by atoms with E-state index in [1.807, 2.05) is 0 Å². The number of fused-ring (bicyclic) bond motifs is 1. The summed E-state index contributed by atoms with van der Waals surface area (Å²) in [5.74, 6) is -0.0582. The van der Waals surface area contributed by atoms with E-state index < -0.39 is 0 Å². The van der Waals surface area contributed by atoms with Gasteiger partial charge in [-0.25, -0.2) is 0 Å². The Labute approximate surface area is 155 Å². The van der Waals surface area contributed by atoms with Crippen molar-refractivity contribution < 1.29 is 4.79 Å². The number of hydrogen-bond donors (Lipinski definition) is 2. The van der Waals surface area contributed by atoms with Gasteiger partial charge >= 0.3 is 0 Å². The zero-order chi connectivity index (χ0) is 18.4. The molecule has 1 saturated heterocycles. The van der Waals surface area contributed by atoms with Crippen molar-refractivity contribution >= 4 is 16.8 Å². The predicted molar refractivity (Wildman–Crippen MR) is 108 cm³/mol. The summed E-state index contributed by atoms with van der Waals surface area (Å²) in [6, 6.07) is 8.68. The van der Waals surface area contributed by atoms with Crippen LogP contribution < -0.4 is 5.32 Å². The maximum atomic E-state index is 12.2. The summed E-state index contributed by atoms with van der Waals surface area (Å²) in [5, 5.41) is 4.43. The SMILES string of the molecule is C=CC=C(C=C)C(=O)NC1CCN(CCc2c[nH]c3ccccc23)CC1. The summed E-state index contributed by atoms with van der Waals surface area (Å²) < 4.78 is 0. The van der Waals surface area contributed by atoms with Crippen LogP contribution in [0.1, 0.15) is 18.4 Å². The second-order valence-electron chi connectivity index (χ2n) is 6.76. The normalized spacial score (nSPS) is 16.5. The van der Waals surface area contributed by atoms with E-state index in [0.29, 0.717) is 5.57 Å². The van der Waals surface area contributed by atoms with Crippen LogP contribution in [-0.4, -0.2) is 41.5 Å². The first-order valence-corrected chi connectivity index (χ1v) is 9.24. The van der Waals surface area contributed by atoms with Crippen molar-refractivity contribution in [2.24, 2.45) is 0 Å². The first-order valence-electron chi connectivity index (χ1n) is 9.24. The van der Waals surface area contributed by atoms with Crippen LogP contribution in [0.4, 0.5) is 0 Å². The molecule has 2 heterocycles. The number of para-hydroxylation sites is 1. The molecule has 0 radical (unpaired) electrons. The molecule has 2 N–H and O–H groups in total. The fourth-order valence-corrected chi connectivity index (χ4v) is 3.55. The summed E-state index contributed by atoms with van der Waals surface area (Å²) in [5.41, 5.74) is 3.15. The summed E-state index contributed by atoms with van der Waals surface area (Å²) in [6.07, 6.45) is 10.0. The average molecular weight is 349 g/mol. The molecule has 1 aromatic carbocycles. The Bertz CT molecular complexity index is 810. The Hall–Kier alpha value is -2.59. The lowest BCUT2D eigenvalue weighted by molar-refractivity contribution is -0.118. The van der Waals surface area contributed by atoms with Gasteiger partial charge in [0, 0.05) is 48.3 Å². The molecule has 4 heteroatoms. The summed E-state index contributed by atoms with van der Waals surface area (Å²) >= 11 is 0. The molecule has 136 valence electrons. The van der Waals surface area contributed by atoms with E-state index >= 15 is 0 Å². The Morgan fingerprint density at radius 2 is 2.04 bits per heavy atom. The van der Waals surface area contributed by atoms with Gasteiger partial charge in [0.05, 0.1) is 0 Å². The topological polar surface area (TPSA) is 48.1 Å². The number of aromatic nitrogens is 1. The molecule has 4 nitrogen and oxygen atoms in total. The van der Waals surface area contributed by atoms with Crippen molar-refractivity contribution in [1.82, 2.24) is 15.2 Å². The second kappa shape index (κ2) is 8.68. The number of amides is 1.